The Morgan fingerprint density at radius 1 is 1.20 bits per heavy atom. The van der Waals surface area contributed by atoms with Crippen LogP contribution in [0.25, 0.3) is 0 Å². The first-order valence-electron chi connectivity index (χ1n) is 5.72. The molecule has 0 radical (unpaired) electrons. The number of benzene rings is 2. The highest BCUT2D eigenvalue weighted by molar-refractivity contribution is 5.92. The number of carbonyl (C=O) groups excluding carboxylic acids is 1. The number of methoxy groups -OCH3 is 1. The minimum absolute atomic E-state index is 0.0706. The van der Waals surface area contributed by atoms with Crippen molar-refractivity contribution >= 4 is 23.0 Å². The van der Waals surface area contributed by atoms with Gasteiger partial charge >= 0.3 is 5.97 Å². The molecule has 0 heterocycles. The topological polar surface area (TPSA) is 64.3 Å². The average Bonchev–Trinajstić information content (AvgIpc) is 2.45. The van der Waals surface area contributed by atoms with Crippen LogP contribution in [0.1, 0.15) is 10.4 Å². The summed E-state index contributed by atoms with van der Waals surface area (Å²) in [5, 5.41) is 2.65. The molecule has 0 aliphatic carbocycles. The molecule has 0 unspecified atom stereocenters. The van der Waals surface area contributed by atoms with Crippen LogP contribution in [-0.4, -0.2) is 13.1 Å². The van der Waals surface area contributed by atoms with Gasteiger partial charge in [0.05, 0.1) is 29.7 Å². The molecule has 0 spiro atoms. The molecule has 2 aromatic rings. The lowest BCUT2D eigenvalue weighted by molar-refractivity contribution is 0.0601. The van der Waals surface area contributed by atoms with Gasteiger partial charge in [-0.1, -0.05) is 6.07 Å². The van der Waals surface area contributed by atoms with E-state index in [0.717, 1.165) is 6.07 Å². The molecular weight excluding hydrogens is 266 g/mol. The van der Waals surface area contributed by atoms with Crippen LogP contribution < -0.4 is 11.1 Å². The lowest BCUT2D eigenvalue weighted by Crippen LogP contribution is -2.05. The molecule has 0 amide bonds. The Balaban J connectivity index is 2.38. The van der Waals surface area contributed by atoms with Crippen LogP contribution in [0.3, 0.4) is 0 Å². The first-order chi connectivity index (χ1) is 9.52. The van der Waals surface area contributed by atoms with Gasteiger partial charge in [-0.05, 0) is 30.3 Å². The maximum atomic E-state index is 13.6. The van der Waals surface area contributed by atoms with Gasteiger partial charge in [0.15, 0.2) is 11.6 Å². The molecule has 0 saturated carbocycles. The molecule has 6 heteroatoms. The zero-order chi connectivity index (χ0) is 14.7. The van der Waals surface area contributed by atoms with E-state index < -0.39 is 17.6 Å². The van der Waals surface area contributed by atoms with Crippen molar-refractivity contribution in [1.29, 1.82) is 0 Å². The van der Waals surface area contributed by atoms with E-state index in [4.69, 9.17) is 5.73 Å². The number of halogens is 2. The van der Waals surface area contributed by atoms with Gasteiger partial charge in [-0.2, -0.15) is 0 Å². The van der Waals surface area contributed by atoms with E-state index in [1.54, 1.807) is 0 Å². The van der Waals surface area contributed by atoms with E-state index >= 15 is 0 Å². The third kappa shape index (κ3) is 2.69. The highest BCUT2D eigenvalue weighted by Gasteiger charge is 2.12. The molecule has 104 valence electrons. The van der Waals surface area contributed by atoms with Crippen molar-refractivity contribution in [3.8, 4) is 0 Å². The number of hydrogen-bond acceptors (Lipinski definition) is 4. The van der Waals surface area contributed by atoms with Gasteiger partial charge in [0.2, 0.25) is 0 Å². The van der Waals surface area contributed by atoms with Crippen LogP contribution in [0.2, 0.25) is 0 Å². The van der Waals surface area contributed by atoms with Crippen LogP contribution >= 0.6 is 0 Å². The Labute approximate surface area is 114 Å². The molecule has 0 fully saturated rings. The number of ether oxygens (including phenoxy) is 1. The third-order valence-corrected chi connectivity index (χ3v) is 2.70. The predicted octanol–water partition coefficient (Wildman–Crippen LogP) is 3.08. The molecule has 0 saturated heterocycles. The van der Waals surface area contributed by atoms with Gasteiger partial charge < -0.3 is 15.8 Å². The Bertz CT molecular complexity index is 660. The number of rotatable bonds is 3. The van der Waals surface area contributed by atoms with Crippen LogP contribution in [0.15, 0.2) is 36.4 Å². The molecule has 2 aromatic carbocycles. The molecule has 20 heavy (non-hydrogen) atoms. The van der Waals surface area contributed by atoms with E-state index in [2.05, 4.69) is 10.1 Å². The van der Waals surface area contributed by atoms with Crippen molar-refractivity contribution in [3.05, 3.63) is 53.6 Å². The summed E-state index contributed by atoms with van der Waals surface area (Å²) < 4.78 is 31.3. The fourth-order valence-corrected chi connectivity index (χ4v) is 1.65. The minimum atomic E-state index is -1.02. The number of anilines is 3. The van der Waals surface area contributed by atoms with Crippen LogP contribution in [-0.2, 0) is 4.74 Å². The quantitative estimate of drug-likeness (QED) is 0.669. The molecular formula is C14H12F2N2O2. The molecule has 3 N–H and O–H groups in total. The molecule has 2 rings (SSSR count). The van der Waals surface area contributed by atoms with Crippen LogP contribution in [0.4, 0.5) is 25.8 Å². The van der Waals surface area contributed by atoms with Crippen molar-refractivity contribution < 1.29 is 18.3 Å². The summed E-state index contributed by atoms with van der Waals surface area (Å²) >= 11 is 0. The third-order valence-electron chi connectivity index (χ3n) is 2.70. The number of esters is 1. The molecule has 0 aliphatic rings. The Kier molecular flexibility index (Phi) is 3.84. The van der Waals surface area contributed by atoms with Gasteiger partial charge in [-0.25, -0.2) is 13.6 Å². The Morgan fingerprint density at radius 3 is 2.65 bits per heavy atom. The highest BCUT2D eigenvalue weighted by Crippen LogP contribution is 2.27. The smallest absolute Gasteiger partial charge is 0.337 e. The van der Waals surface area contributed by atoms with E-state index in [0.29, 0.717) is 5.69 Å². The first kappa shape index (κ1) is 13.8. The van der Waals surface area contributed by atoms with E-state index in [1.165, 1.54) is 37.4 Å². The van der Waals surface area contributed by atoms with Gasteiger partial charge in [-0.3, -0.25) is 0 Å². The maximum absolute atomic E-state index is 13.6. The number of nitrogens with two attached hydrogens (primary N) is 1. The second kappa shape index (κ2) is 5.56. The summed E-state index contributed by atoms with van der Waals surface area (Å²) in [4.78, 5) is 11.4. The van der Waals surface area contributed by atoms with Crippen LogP contribution in [0.5, 0.6) is 0 Å². The van der Waals surface area contributed by atoms with E-state index in [9.17, 15) is 13.6 Å². The van der Waals surface area contributed by atoms with Gasteiger partial charge in [0.25, 0.3) is 0 Å². The van der Waals surface area contributed by atoms with Crippen LogP contribution in [0, 0.1) is 11.6 Å². The van der Waals surface area contributed by atoms with Crippen molar-refractivity contribution in [3.63, 3.8) is 0 Å². The summed E-state index contributed by atoms with van der Waals surface area (Å²) in [7, 11) is 1.25. The number of nitrogen functional groups attached to an aromatic ring is 1. The SMILES string of the molecule is COC(=O)c1ccc(N)c(Nc2cccc(F)c2F)c1. The molecule has 0 aliphatic heterocycles. The van der Waals surface area contributed by atoms with E-state index in [-0.39, 0.29) is 16.9 Å². The standard InChI is InChI=1S/C14H12F2N2O2/c1-20-14(19)8-5-6-10(17)12(7-8)18-11-4-2-3-9(15)13(11)16/h2-7,18H,17H2,1H3. The zero-order valence-corrected chi connectivity index (χ0v) is 10.6. The summed E-state index contributed by atoms with van der Waals surface area (Å²) in [6, 6.07) is 8.10. The second-order valence-corrected chi connectivity index (χ2v) is 4.02. The number of hydrogen-bond donors (Lipinski definition) is 2. The lowest BCUT2D eigenvalue weighted by atomic mass is 10.1. The number of carbonyl (C=O) groups is 1. The maximum Gasteiger partial charge on any atom is 0.337 e. The molecule has 0 bridgehead atoms. The van der Waals surface area contributed by atoms with Gasteiger partial charge in [0.1, 0.15) is 0 Å². The monoisotopic (exact) mass is 278 g/mol. The summed E-state index contributed by atoms with van der Waals surface area (Å²) in [6.07, 6.45) is 0. The zero-order valence-electron chi connectivity index (χ0n) is 10.6. The molecule has 0 aromatic heterocycles. The van der Waals surface area contributed by atoms with Crippen molar-refractivity contribution in [1.82, 2.24) is 0 Å². The Morgan fingerprint density at radius 2 is 1.95 bits per heavy atom. The molecule has 0 atom stereocenters. The van der Waals surface area contributed by atoms with Crippen molar-refractivity contribution in [2.45, 2.75) is 0 Å². The summed E-state index contributed by atoms with van der Waals surface area (Å²) in [5.74, 6) is -2.54. The largest absolute Gasteiger partial charge is 0.465 e. The van der Waals surface area contributed by atoms with Crippen molar-refractivity contribution in [2.75, 3.05) is 18.2 Å². The normalized spacial score (nSPS) is 10.2. The minimum Gasteiger partial charge on any atom is -0.465 e. The van der Waals surface area contributed by atoms with Gasteiger partial charge in [0, 0.05) is 0 Å². The van der Waals surface area contributed by atoms with E-state index in [1.807, 2.05) is 0 Å². The fourth-order valence-electron chi connectivity index (χ4n) is 1.65. The lowest BCUT2D eigenvalue weighted by Gasteiger charge is -2.11. The second-order valence-electron chi connectivity index (χ2n) is 4.02. The highest BCUT2D eigenvalue weighted by atomic mass is 19.2. The first-order valence-corrected chi connectivity index (χ1v) is 5.72. The number of nitrogens with one attached hydrogen (secondary N) is 1. The summed E-state index contributed by atoms with van der Waals surface area (Å²) in [5.41, 5.74) is 6.50. The average molecular weight is 278 g/mol. The fraction of sp³-hybridized carbons (Fsp3) is 0.0714. The predicted molar refractivity (Wildman–Crippen MR) is 71.8 cm³/mol. The summed E-state index contributed by atoms with van der Waals surface area (Å²) in [6.45, 7) is 0. The Hall–Kier alpha value is -2.63. The van der Waals surface area contributed by atoms with Gasteiger partial charge in [-0.15, -0.1) is 0 Å². The van der Waals surface area contributed by atoms with Crippen molar-refractivity contribution in [2.24, 2.45) is 0 Å². The molecule has 4 nitrogen and oxygen atoms in total.